The molecule has 0 radical (unpaired) electrons. The van der Waals surface area contributed by atoms with Crippen molar-refractivity contribution in [3.63, 3.8) is 0 Å². The number of rotatable bonds is 6. The Hall–Kier alpha value is -3.00. The minimum atomic E-state index is -3.99. The number of fused-ring (bicyclic) bond motifs is 1. The van der Waals surface area contributed by atoms with Gasteiger partial charge in [-0.1, -0.05) is 24.8 Å². The highest BCUT2D eigenvalue weighted by atomic mass is 32.2. The molecule has 2 aliphatic rings. The van der Waals surface area contributed by atoms with Gasteiger partial charge in [0.25, 0.3) is 5.91 Å². The zero-order valence-corrected chi connectivity index (χ0v) is 21.3. The molecule has 0 saturated heterocycles. The molecule has 1 aliphatic heterocycles. The molecule has 192 valence electrons. The summed E-state index contributed by atoms with van der Waals surface area (Å²) < 4.78 is 47.1. The van der Waals surface area contributed by atoms with Gasteiger partial charge in [0.05, 0.1) is 24.1 Å². The molecule has 8 nitrogen and oxygen atoms in total. The van der Waals surface area contributed by atoms with E-state index in [1.54, 1.807) is 17.9 Å². The maximum Gasteiger partial charge on any atom is 0.259 e. The second-order valence-corrected chi connectivity index (χ2v) is 11.5. The van der Waals surface area contributed by atoms with E-state index in [-0.39, 0.29) is 47.9 Å². The number of benzene rings is 1. The van der Waals surface area contributed by atoms with Crippen molar-refractivity contribution in [3.8, 4) is 17.7 Å². The van der Waals surface area contributed by atoms with Crippen LogP contribution in [-0.2, 0) is 10.0 Å². The van der Waals surface area contributed by atoms with E-state index in [9.17, 15) is 22.7 Å². The van der Waals surface area contributed by atoms with Crippen LogP contribution in [0.3, 0.4) is 0 Å². The van der Waals surface area contributed by atoms with Crippen molar-refractivity contribution < 1.29 is 27.4 Å². The number of carbonyl (C=O) groups excluding carboxylic acids is 1. The largest absolute Gasteiger partial charge is 0.472 e. The first-order chi connectivity index (χ1) is 17.1. The van der Waals surface area contributed by atoms with Crippen LogP contribution in [0.4, 0.5) is 4.39 Å². The highest BCUT2D eigenvalue weighted by Crippen LogP contribution is 2.29. The Morgan fingerprint density at radius 3 is 2.75 bits per heavy atom. The van der Waals surface area contributed by atoms with Crippen LogP contribution in [-0.4, -0.2) is 72.5 Å². The summed E-state index contributed by atoms with van der Waals surface area (Å²) >= 11 is 0. The highest BCUT2D eigenvalue weighted by Gasteiger charge is 2.36. The number of aliphatic hydroxyl groups excluding tert-OH is 1. The van der Waals surface area contributed by atoms with E-state index < -0.39 is 28.0 Å². The number of nitrogens with zero attached hydrogens (tertiary/aromatic N) is 3. The number of hydrogen-bond donors (Lipinski definition) is 1. The van der Waals surface area contributed by atoms with Gasteiger partial charge in [0.15, 0.2) is 0 Å². The molecule has 1 aromatic heterocycles. The molecule has 1 amide bonds. The van der Waals surface area contributed by atoms with Crippen molar-refractivity contribution in [2.75, 3.05) is 26.7 Å². The van der Waals surface area contributed by atoms with E-state index >= 15 is 0 Å². The van der Waals surface area contributed by atoms with Crippen LogP contribution in [0.25, 0.3) is 0 Å². The van der Waals surface area contributed by atoms with Crippen molar-refractivity contribution in [1.29, 1.82) is 0 Å². The predicted molar refractivity (Wildman–Crippen MR) is 131 cm³/mol. The Bertz CT molecular complexity index is 1300. The van der Waals surface area contributed by atoms with Gasteiger partial charge in [-0.3, -0.25) is 4.79 Å². The lowest BCUT2D eigenvalue weighted by Gasteiger charge is -2.37. The monoisotopic (exact) mass is 515 g/mol. The Kier molecular flexibility index (Phi) is 7.64. The van der Waals surface area contributed by atoms with E-state index in [2.05, 4.69) is 16.8 Å². The fraction of sp³-hybridized carbons (Fsp3) is 0.462. The van der Waals surface area contributed by atoms with E-state index in [1.165, 1.54) is 31.4 Å². The fourth-order valence-corrected chi connectivity index (χ4v) is 5.18. The maximum absolute atomic E-state index is 13.7. The molecular weight excluding hydrogens is 485 g/mol. The molecule has 1 fully saturated rings. The van der Waals surface area contributed by atoms with Crippen molar-refractivity contribution in [1.82, 2.24) is 14.2 Å². The Balaban J connectivity index is 1.66. The molecule has 0 bridgehead atoms. The first kappa shape index (κ1) is 26.1. The number of amides is 1. The lowest BCUT2D eigenvalue weighted by Crippen LogP contribution is -2.50. The standard InChI is InChI=1S/C26H30FN3O5S/c1-17-14-30(18(2)16-31)26(32)23-11-20(10-9-19-7-8-19)13-28-25(23)35-24(17)15-29(3)36(33,34)22-6-4-5-21(27)12-22/h4-6,11-13,17-19,24,31H,7-8,14-16H2,1-3H3/t17-,18-,24+/m1/s1. The van der Waals surface area contributed by atoms with Gasteiger partial charge in [-0.25, -0.2) is 17.8 Å². The molecular formula is C26H30FN3O5S. The molecule has 1 aliphatic carbocycles. The first-order valence-electron chi connectivity index (χ1n) is 11.9. The SMILES string of the molecule is C[C@@H]1CN([C@H](C)CO)C(=O)c2cc(C#CC3CC3)cnc2O[C@H]1CN(C)S(=O)(=O)c1cccc(F)c1. The molecule has 1 saturated carbocycles. The zero-order chi connectivity index (χ0) is 26.0. The van der Waals surface area contributed by atoms with Crippen LogP contribution < -0.4 is 4.74 Å². The van der Waals surface area contributed by atoms with Crippen molar-refractivity contribution >= 4 is 15.9 Å². The Morgan fingerprint density at radius 1 is 1.33 bits per heavy atom. The van der Waals surface area contributed by atoms with E-state index in [0.717, 1.165) is 23.2 Å². The Labute approximate surface area is 211 Å². The summed E-state index contributed by atoms with van der Waals surface area (Å²) in [5.74, 6) is 5.39. The minimum Gasteiger partial charge on any atom is -0.472 e. The first-order valence-corrected chi connectivity index (χ1v) is 13.4. The molecule has 4 rings (SSSR count). The van der Waals surface area contributed by atoms with Gasteiger partial charge in [0.1, 0.15) is 17.5 Å². The summed E-state index contributed by atoms with van der Waals surface area (Å²) in [5.41, 5.74) is 0.801. The molecule has 10 heteroatoms. The molecule has 36 heavy (non-hydrogen) atoms. The summed E-state index contributed by atoms with van der Waals surface area (Å²) in [6.07, 6.45) is 3.01. The molecule has 0 spiro atoms. The molecule has 2 aromatic rings. The van der Waals surface area contributed by atoms with Crippen LogP contribution in [0.15, 0.2) is 41.4 Å². The van der Waals surface area contributed by atoms with Crippen LogP contribution >= 0.6 is 0 Å². The quantitative estimate of drug-likeness (QED) is 0.594. The second-order valence-electron chi connectivity index (χ2n) is 9.49. The normalized spacial score (nSPS) is 21.1. The van der Waals surface area contributed by atoms with Gasteiger partial charge in [-0.15, -0.1) is 0 Å². The average Bonchev–Trinajstić information content (AvgIpc) is 3.69. The van der Waals surface area contributed by atoms with Crippen molar-refractivity contribution in [2.24, 2.45) is 11.8 Å². The number of ether oxygens (including phenoxy) is 1. The van der Waals surface area contributed by atoms with E-state index in [0.29, 0.717) is 11.5 Å². The third-order valence-corrected chi connectivity index (χ3v) is 8.28. The summed E-state index contributed by atoms with van der Waals surface area (Å²) in [6.45, 7) is 3.53. The van der Waals surface area contributed by atoms with Gasteiger partial charge >= 0.3 is 0 Å². The van der Waals surface area contributed by atoms with Crippen LogP contribution in [0.1, 0.15) is 42.6 Å². The average molecular weight is 516 g/mol. The van der Waals surface area contributed by atoms with Gasteiger partial charge in [0, 0.05) is 37.2 Å². The fourth-order valence-electron chi connectivity index (χ4n) is 3.96. The smallest absolute Gasteiger partial charge is 0.259 e. The number of hydrogen-bond acceptors (Lipinski definition) is 6. The maximum atomic E-state index is 13.7. The molecule has 2 heterocycles. The van der Waals surface area contributed by atoms with Gasteiger partial charge in [0.2, 0.25) is 15.9 Å². The lowest BCUT2D eigenvalue weighted by molar-refractivity contribution is 0.0373. The van der Waals surface area contributed by atoms with Crippen molar-refractivity contribution in [3.05, 3.63) is 53.5 Å². The van der Waals surface area contributed by atoms with E-state index in [4.69, 9.17) is 4.74 Å². The third kappa shape index (κ3) is 5.69. The highest BCUT2D eigenvalue weighted by molar-refractivity contribution is 7.89. The number of carbonyl (C=O) groups is 1. The van der Waals surface area contributed by atoms with Crippen molar-refractivity contribution in [2.45, 2.75) is 43.7 Å². The third-order valence-electron chi connectivity index (χ3n) is 6.46. The number of aromatic nitrogens is 1. The topological polar surface area (TPSA) is 100 Å². The number of halogens is 1. The van der Waals surface area contributed by atoms with Crippen LogP contribution in [0, 0.1) is 29.5 Å². The lowest BCUT2D eigenvalue weighted by atomic mass is 10.0. The van der Waals surface area contributed by atoms with Gasteiger partial charge < -0.3 is 14.7 Å². The molecule has 0 unspecified atom stereocenters. The predicted octanol–water partition coefficient (Wildman–Crippen LogP) is 2.52. The number of aliphatic hydroxyl groups is 1. The number of sulfonamides is 1. The summed E-state index contributed by atoms with van der Waals surface area (Å²) in [7, 11) is -2.59. The second kappa shape index (κ2) is 10.5. The van der Waals surface area contributed by atoms with Gasteiger partial charge in [-0.2, -0.15) is 4.31 Å². The summed E-state index contributed by atoms with van der Waals surface area (Å²) in [4.78, 5) is 19.2. The molecule has 1 N–H and O–H groups in total. The Morgan fingerprint density at radius 2 is 2.08 bits per heavy atom. The summed E-state index contributed by atoms with van der Waals surface area (Å²) in [5, 5.41) is 9.79. The van der Waals surface area contributed by atoms with E-state index in [1.807, 2.05) is 6.92 Å². The number of likely N-dealkylation sites (N-methyl/N-ethyl adjacent to an activating group) is 1. The minimum absolute atomic E-state index is 0.0556. The summed E-state index contributed by atoms with van der Waals surface area (Å²) in [6, 6.07) is 5.99. The zero-order valence-electron chi connectivity index (χ0n) is 20.5. The van der Waals surface area contributed by atoms with Crippen LogP contribution in [0.5, 0.6) is 5.88 Å². The van der Waals surface area contributed by atoms with Crippen LogP contribution in [0.2, 0.25) is 0 Å². The number of pyridine rings is 1. The molecule has 1 aromatic carbocycles. The van der Waals surface area contributed by atoms with Gasteiger partial charge in [-0.05, 0) is 44.0 Å². The molecule has 3 atom stereocenters.